The molecule has 2 aromatic heterocycles. The molecule has 0 bridgehead atoms. The predicted octanol–water partition coefficient (Wildman–Crippen LogP) is 6.27. The van der Waals surface area contributed by atoms with Gasteiger partial charge in [-0.25, -0.2) is 0 Å². The van der Waals surface area contributed by atoms with Gasteiger partial charge in [0.1, 0.15) is 0 Å². The van der Waals surface area contributed by atoms with E-state index in [1.807, 2.05) is 24.3 Å². The summed E-state index contributed by atoms with van der Waals surface area (Å²) in [6, 6.07) is 16.1. The van der Waals surface area contributed by atoms with Crippen LogP contribution in [0.25, 0.3) is 43.4 Å². The molecule has 0 aliphatic carbocycles. The number of fused-ring (bicyclic) bond motifs is 6. The quantitative estimate of drug-likeness (QED) is 0.227. The van der Waals surface area contributed by atoms with Crippen molar-refractivity contribution in [2.24, 2.45) is 0 Å². The summed E-state index contributed by atoms with van der Waals surface area (Å²) in [7, 11) is 0. The van der Waals surface area contributed by atoms with Crippen LogP contribution in [0.2, 0.25) is 0 Å². The van der Waals surface area contributed by atoms with Crippen molar-refractivity contribution in [3.63, 3.8) is 0 Å². The molecule has 3 aromatic carbocycles. The number of nitrogens with one attached hydrogen (secondary N) is 2. The van der Waals surface area contributed by atoms with Gasteiger partial charge in [0.2, 0.25) is 0 Å². The molecule has 4 nitrogen and oxygen atoms in total. The Morgan fingerprint density at radius 3 is 1.22 bits per heavy atom. The number of aromatic nitrogens is 2. The molecule has 0 atom stereocenters. The van der Waals surface area contributed by atoms with Gasteiger partial charge in [-0.1, -0.05) is 53.7 Å². The highest BCUT2D eigenvalue weighted by atomic mass is 16.1. The van der Waals surface area contributed by atoms with Crippen LogP contribution >= 0.6 is 0 Å². The van der Waals surface area contributed by atoms with Crippen molar-refractivity contribution >= 4 is 43.4 Å². The topological polar surface area (TPSA) is 65.7 Å². The third-order valence-electron chi connectivity index (χ3n) is 6.49. The molecular formula is C28H28N2O2. The Morgan fingerprint density at radius 2 is 0.875 bits per heavy atom. The molecule has 2 heterocycles. The van der Waals surface area contributed by atoms with Crippen molar-refractivity contribution in [1.82, 2.24) is 9.97 Å². The average Bonchev–Trinajstić information content (AvgIpc) is 2.71. The van der Waals surface area contributed by atoms with Gasteiger partial charge in [0.05, 0.1) is 0 Å². The molecule has 2 N–H and O–H groups in total. The maximum absolute atomic E-state index is 13.0. The number of hydrogen-bond donors (Lipinski definition) is 2. The molecule has 0 radical (unpaired) electrons. The smallest absolute Gasteiger partial charge is 0.256 e. The second-order valence-electron chi connectivity index (χ2n) is 10.9. The van der Waals surface area contributed by atoms with Gasteiger partial charge in [0.25, 0.3) is 11.1 Å². The molecule has 5 aromatic rings. The SMILES string of the molecule is CC(C)(C)c1ccc2[nH]c(=O)c3cc4c(cc3c2c1)c(=O)[nH]c1ccc(C(C)(C)C)cc14. The molecule has 162 valence electrons. The van der Waals surface area contributed by atoms with Gasteiger partial charge in [-0.3, -0.25) is 9.59 Å². The van der Waals surface area contributed by atoms with Gasteiger partial charge in [0, 0.05) is 32.6 Å². The van der Waals surface area contributed by atoms with E-state index in [9.17, 15) is 9.59 Å². The lowest BCUT2D eigenvalue weighted by molar-refractivity contribution is 0.591. The summed E-state index contributed by atoms with van der Waals surface area (Å²) < 4.78 is 0. The zero-order valence-electron chi connectivity index (χ0n) is 19.4. The lowest BCUT2D eigenvalue weighted by Crippen LogP contribution is -2.13. The number of H-pyrrole nitrogens is 2. The summed E-state index contributed by atoms with van der Waals surface area (Å²) in [6.45, 7) is 13.0. The number of rotatable bonds is 0. The van der Waals surface area contributed by atoms with Crippen LogP contribution in [0, 0.1) is 0 Å². The molecule has 32 heavy (non-hydrogen) atoms. The number of benzene rings is 3. The highest BCUT2D eigenvalue weighted by Gasteiger charge is 2.18. The predicted molar refractivity (Wildman–Crippen MR) is 135 cm³/mol. The van der Waals surface area contributed by atoms with E-state index in [-0.39, 0.29) is 21.9 Å². The van der Waals surface area contributed by atoms with Gasteiger partial charge in [-0.05, 0) is 69.1 Å². The van der Waals surface area contributed by atoms with Crippen LogP contribution in [0.3, 0.4) is 0 Å². The summed E-state index contributed by atoms with van der Waals surface area (Å²) >= 11 is 0. The summed E-state index contributed by atoms with van der Waals surface area (Å²) in [6.07, 6.45) is 0. The second-order valence-corrected chi connectivity index (χ2v) is 10.9. The summed E-state index contributed by atoms with van der Waals surface area (Å²) in [5, 5.41) is 4.72. The molecule has 5 rings (SSSR count). The second kappa shape index (κ2) is 6.55. The molecular weight excluding hydrogens is 396 g/mol. The van der Waals surface area contributed by atoms with E-state index < -0.39 is 0 Å². The molecule has 0 aliphatic heterocycles. The normalized spacial score (nSPS) is 12.9. The molecule has 0 unspecified atom stereocenters. The zero-order valence-corrected chi connectivity index (χ0v) is 19.4. The third-order valence-corrected chi connectivity index (χ3v) is 6.49. The molecule has 0 fully saturated rings. The zero-order chi connectivity index (χ0) is 23.0. The third kappa shape index (κ3) is 3.13. The van der Waals surface area contributed by atoms with Gasteiger partial charge >= 0.3 is 0 Å². The number of aromatic amines is 2. The first-order chi connectivity index (χ1) is 14.9. The Kier molecular flexibility index (Phi) is 4.20. The fourth-order valence-electron chi connectivity index (χ4n) is 4.49. The first-order valence-electron chi connectivity index (χ1n) is 11.0. The van der Waals surface area contributed by atoms with E-state index in [1.54, 1.807) is 0 Å². The monoisotopic (exact) mass is 424 g/mol. The highest BCUT2D eigenvalue weighted by molar-refractivity contribution is 6.15. The van der Waals surface area contributed by atoms with E-state index in [0.29, 0.717) is 10.8 Å². The van der Waals surface area contributed by atoms with Gasteiger partial charge in [-0.15, -0.1) is 0 Å². The average molecular weight is 425 g/mol. The molecule has 0 amide bonds. The van der Waals surface area contributed by atoms with E-state index in [0.717, 1.165) is 32.6 Å². The molecule has 4 heteroatoms. The van der Waals surface area contributed by atoms with E-state index in [4.69, 9.17) is 0 Å². The van der Waals surface area contributed by atoms with Crippen LogP contribution in [0.5, 0.6) is 0 Å². The molecule has 0 saturated carbocycles. The summed E-state index contributed by atoms with van der Waals surface area (Å²) in [5.41, 5.74) is 3.59. The summed E-state index contributed by atoms with van der Waals surface area (Å²) in [5.74, 6) is 0. The van der Waals surface area contributed by atoms with E-state index >= 15 is 0 Å². The molecule has 0 saturated heterocycles. The van der Waals surface area contributed by atoms with Crippen LogP contribution in [0.15, 0.2) is 58.1 Å². The molecule has 0 aliphatic rings. The van der Waals surface area contributed by atoms with Crippen LogP contribution in [0.4, 0.5) is 0 Å². The van der Waals surface area contributed by atoms with Gasteiger partial charge in [-0.2, -0.15) is 0 Å². The first-order valence-corrected chi connectivity index (χ1v) is 11.0. The van der Waals surface area contributed by atoms with Crippen molar-refractivity contribution < 1.29 is 0 Å². The largest absolute Gasteiger partial charge is 0.321 e. The minimum Gasteiger partial charge on any atom is -0.321 e. The van der Waals surface area contributed by atoms with Crippen LogP contribution in [-0.4, -0.2) is 9.97 Å². The Balaban J connectivity index is 1.96. The molecule has 0 spiro atoms. The Labute approximate surface area is 186 Å². The van der Waals surface area contributed by atoms with E-state index in [2.05, 4.69) is 75.8 Å². The fourth-order valence-corrected chi connectivity index (χ4v) is 4.49. The Bertz CT molecular complexity index is 1550. The van der Waals surface area contributed by atoms with Gasteiger partial charge < -0.3 is 9.97 Å². The fraction of sp³-hybridized carbons (Fsp3) is 0.286. The summed E-state index contributed by atoms with van der Waals surface area (Å²) in [4.78, 5) is 32.1. The lowest BCUT2D eigenvalue weighted by atomic mass is 9.85. The van der Waals surface area contributed by atoms with Gasteiger partial charge in [0.15, 0.2) is 0 Å². The highest BCUT2D eigenvalue weighted by Crippen LogP contribution is 2.33. The van der Waals surface area contributed by atoms with Crippen molar-refractivity contribution in [3.05, 3.63) is 80.4 Å². The Morgan fingerprint density at radius 1 is 0.500 bits per heavy atom. The van der Waals surface area contributed by atoms with Crippen LogP contribution in [-0.2, 0) is 10.8 Å². The van der Waals surface area contributed by atoms with Crippen molar-refractivity contribution in [3.8, 4) is 0 Å². The standard InChI is InChI=1S/C28H28N2O2/c1-27(2,3)15-7-9-23-19(11-15)17-13-22-18(14-21(17)25(31)29-23)20-12-16(28(4,5)6)8-10-24(20)30-26(22)32/h7-14H,1-6H3,(H,29,31)(H,30,32). The van der Waals surface area contributed by atoms with Crippen LogP contribution in [0.1, 0.15) is 52.7 Å². The van der Waals surface area contributed by atoms with Crippen LogP contribution < -0.4 is 11.1 Å². The van der Waals surface area contributed by atoms with E-state index in [1.165, 1.54) is 11.1 Å². The van der Waals surface area contributed by atoms with Crippen molar-refractivity contribution in [2.45, 2.75) is 52.4 Å². The first kappa shape index (κ1) is 20.5. The minimum absolute atomic E-state index is 0.0233. The lowest BCUT2D eigenvalue weighted by Gasteiger charge is -2.20. The Hall–Kier alpha value is -3.40. The number of pyridine rings is 2. The minimum atomic E-state index is -0.140. The maximum Gasteiger partial charge on any atom is 0.256 e. The number of hydrogen-bond acceptors (Lipinski definition) is 2. The maximum atomic E-state index is 13.0. The van der Waals surface area contributed by atoms with Crippen molar-refractivity contribution in [2.75, 3.05) is 0 Å². The van der Waals surface area contributed by atoms with Crippen molar-refractivity contribution in [1.29, 1.82) is 0 Å².